The van der Waals surface area contributed by atoms with Crippen LogP contribution in [0, 0.1) is 0 Å². The number of hydrazine groups is 1. The Kier molecular flexibility index (Phi) is 5.90. The van der Waals surface area contributed by atoms with Crippen LogP contribution in [-0.4, -0.2) is 34.2 Å². The van der Waals surface area contributed by atoms with E-state index >= 15 is 0 Å². The zero-order valence-corrected chi connectivity index (χ0v) is 11.8. The van der Waals surface area contributed by atoms with Gasteiger partial charge in [0.25, 0.3) is 0 Å². The molecule has 0 aliphatic heterocycles. The first-order valence-electron chi connectivity index (χ1n) is 5.78. The van der Waals surface area contributed by atoms with Crippen molar-refractivity contribution in [3.63, 3.8) is 0 Å². The molecule has 0 amide bonds. The predicted molar refractivity (Wildman–Crippen MR) is 74.5 cm³/mol. The molecular formula is C11H17F3N4OS. The third-order valence-electron chi connectivity index (χ3n) is 2.72. The Morgan fingerprint density at radius 2 is 2.00 bits per heavy atom. The smallest absolute Gasteiger partial charge is 0.395 e. The number of aliphatic hydroxyl groups excluding tert-OH is 1. The fraction of sp³-hybridized carbons (Fsp3) is 0.545. The molecule has 0 aromatic carbocycles. The van der Waals surface area contributed by atoms with Crippen molar-refractivity contribution in [3.8, 4) is 0 Å². The summed E-state index contributed by atoms with van der Waals surface area (Å²) in [7, 11) is 0. The third-order valence-corrected chi connectivity index (χ3v) is 3.88. The summed E-state index contributed by atoms with van der Waals surface area (Å²) in [5, 5.41) is 11.9. The van der Waals surface area contributed by atoms with E-state index in [1.807, 2.05) is 6.26 Å². The number of anilines is 2. The monoisotopic (exact) mass is 310 g/mol. The molecule has 9 heteroatoms. The van der Waals surface area contributed by atoms with Gasteiger partial charge in [-0.15, -0.1) is 0 Å². The summed E-state index contributed by atoms with van der Waals surface area (Å²) in [6, 6.07) is 1.48. The van der Waals surface area contributed by atoms with Crippen LogP contribution in [-0.2, 0) is 6.18 Å². The third kappa shape index (κ3) is 4.43. The van der Waals surface area contributed by atoms with Crippen LogP contribution in [0.25, 0.3) is 0 Å². The van der Waals surface area contributed by atoms with E-state index < -0.39 is 11.7 Å². The van der Waals surface area contributed by atoms with E-state index in [1.54, 1.807) is 6.92 Å². The second-order valence-corrected chi connectivity index (χ2v) is 5.24. The van der Waals surface area contributed by atoms with Crippen molar-refractivity contribution in [3.05, 3.63) is 17.7 Å². The minimum Gasteiger partial charge on any atom is -0.395 e. The molecule has 5 N–H and O–H groups in total. The Labute approximate surface area is 119 Å². The van der Waals surface area contributed by atoms with Crippen molar-refractivity contribution in [2.24, 2.45) is 5.84 Å². The molecule has 5 nitrogen and oxygen atoms in total. The Morgan fingerprint density at radius 3 is 2.45 bits per heavy atom. The number of aliphatic hydroxyl groups is 1. The number of hydrogen-bond donors (Lipinski definition) is 4. The van der Waals surface area contributed by atoms with E-state index in [-0.39, 0.29) is 29.5 Å². The Bertz CT molecular complexity index is 440. The summed E-state index contributed by atoms with van der Waals surface area (Å²) in [4.78, 5) is 3.92. The molecule has 0 saturated carbocycles. The lowest BCUT2D eigenvalue weighted by molar-refractivity contribution is -0.137. The van der Waals surface area contributed by atoms with E-state index in [1.165, 1.54) is 11.8 Å². The van der Waals surface area contributed by atoms with E-state index in [2.05, 4.69) is 15.7 Å². The van der Waals surface area contributed by atoms with Crippen LogP contribution in [0.5, 0.6) is 0 Å². The highest BCUT2D eigenvalue weighted by atomic mass is 32.2. The Morgan fingerprint density at radius 1 is 1.40 bits per heavy atom. The van der Waals surface area contributed by atoms with Gasteiger partial charge in [0, 0.05) is 11.3 Å². The molecule has 20 heavy (non-hydrogen) atoms. The zero-order valence-electron chi connectivity index (χ0n) is 11.0. The van der Waals surface area contributed by atoms with Gasteiger partial charge < -0.3 is 15.8 Å². The average Bonchev–Trinajstić information content (AvgIpc) is 2.38. The van der Waals surface area contributed by atoms with Crippen molar-refractivity contribution >= 4 is 23.4 Å². The highest BCUT2D eigenvalue weighted by molar-refractivity contribution is 7.99. The van der Waals surface area contributed by atoms with Crippen molar-refractivity contribution < 1.29 is 18.3 Å². The first kappa shape index (κ1) is 16.9. The summed E-state index contributed by atoms with van der Waals surface area (Å²) < 4.78 is 38.2. The highest BCUT2D eigenvalue weighted by Gasteiger charge is 2.32. The van der Waals surface area contributed by atoms with E-state index in [4.69, 9.17) is 10.9 Å². The number of nitrogens with zero attached hydrogens (tertiary/aromatic N) is 1. The van der Waals surface area contributed by atoms with Gasteiger partial charge in [-0.25, -0.2) is 10.8 Å². The fourth-order valence-electron chi connectivity index (χ4n) is 1.61. The molecule has 2 unspecified atom stereocenters. The highest BCUT2D eigenvalue weighted by Crippen LogP contribution is 2.32. The lowest BCUT2D eigenvalue weighted by Crippen LogP contribution is -2.31. The van der Waals surface area contributed by atoms with E-state index in [0.29, 0.717) is 0 Å². The number of alkyl halides is 3. The fourth-order valence-corrected chi connectivity index (χ4v) is 2.23. The summed E-state index contributed by atoms with van der Waals surface area (Å²) in [5.74, 6) is 5.09. The molecule has 1 aromatic heterocycles. The van der Waals surface area contributed by atoms with Gasteiger partial charge in [-0.2, -0.15) is 24.9 Å². The largest absolute Gasteiger partial charge is 0.416 e. The minimum absolute atomic E-state index is 0.0489. The van der Waals surface area contributed by atoms with Crippen molar-refractivity contribution in [2.75, 3.05) is 23.6 Å². The van der Waals surface area contributed by atoms with Crippen LogP contribution < -0.4 is 16.6 Å². The average molecular weight is 310 g/mol. The van der Waals surface area contributed by atoms with Crippen LogP contribution in [0.1, 0.15) is 12.5 Å². The van der Waals surface area contributed by atoms with Crippen LogP contribution in [0.15, 0.2) is 12.1 Å². The topological polar surface area (TPSA) is 83.2 Å². The molecule has 0 aliphatic rings. The molecule has 0 spiro atoms. The maximum Gasteiger partial charge on any atom is 0.416 e. The quantitative estimate of drug-likeness (QED) is 0.474. The van der Waals surface area contributed by atoms with E-state index in [9.17, 15) is 13.2 Å². The number of pyridine rings is 1. The van der Waals surface area contributed by atoms with Gasteiger partial charge in [0.05, 0.1) is 12.2 Å². The summed E-state index contributed by atoms with van der Waals surface area (Å²) in [6.45, 7) is 1.67. The number of nitrogens with two attached hydrogens (primary N) is 1. The normalized spacial score (nSPS) is 14.8. The molecule has 2 atom stereocenters. The Balaban J connectivity index is 3.00. The minimum atomic E-state index is -4.48. The first-order chi connectivity index (χ1) is 9.31. The second-order valence-electron chi connectivity index (χ2n) is 4.16. The SMILES string of the molecule is CSC(CO)C(C)Nc1cc(C(F)(F)F)cc(NN)n1. The van der Waals surface area contributed by atoms with Crippen molar-refractivity contribution in [2.45, 2.75) is 24.4 Å². The van der Waals surface area contributed by atoms with Crippen LogP contribution in [0.2, 0.25) is 0 Å². The van der Waals surface area contributed by atoms with Gasteiger partial charge in [-0.05, 0) is 25.3 Å². The van der Waals surface area contributed by atoms with Crippen LogP contribution in [0.3, 0.4) is 0 Å². The van der Waals surface area contributed by atoms with Crippen LogP contribution in [0.4, 0.5) is 24.8 Å². The zero-order chi connectivity index (χ0) is 15.3. The number of aromatic nitrogens is 1. The summed E-state index contributed by atoms with van der Waals surface area (Å²) in [5.41, 5.74) is 1.26. The number of hydrogen-bond acceptors (Lipinski definition) is 6. The molecule has 1 aromatic rings. The van der Waals surface area contributed by atoms with Crippen LogP contribution >= 0.6 is 11.8 Å². The molecule has 1 heterocycles. The van der Waals surface area contributed by atoms with Crippen molar-refractivity contribution in [1.82, 2.24) is 4.98 Å². The van der Waals surface area contributed by atoms with Crippen molar-refractivity contribution in [1.29, 1.82) is 0 Å². The molecule has 0 radical (unpaired) electrons. The molecule has 1 rings (SSSR count). The van der Waals surface area contributed by atoms with Gasteiger partial charge in [0.15, 0.2) is 0 Å². The van der Waals surface area contributed by atoms with Gasteiger partial charge in [0.1, 0.15) is 11.6 Å². The Hall–Kier alpha value is -1.19. The summed E-state index contributed by atoms with van der Waals surface area (Å²) >= 11 is 1.41. The first-order valence-corrected chi connectivity index (χ1v) is 7.06. The lowest BCUT2D eigenvalue weighted by Gasteiger charge is -2.22. The predicted octanol–water partition coefficient (Wildman–Crippen LogP) is 1.91. The van der Waals surface area contributed by atoms with Gasteiger partial charge in [-0.1, -0.05) is 0 Å². The number of halogens is 3. The number of nitrogens with one attached hydrogen (secondary N) is 2. The second kappa shape index (κ2) is 7.00. The number of rotatable bonds is 6. The van der Waals surface area contributed by atoms with Gasteiger partial charge in [0.2, 0.25) is 0 Å². The molecule has 0 bridgehead atoms. The molecule has 0 saturated heterocycles. The maximum absolute atomic E-state index is 12.7. The summed E-state index contributed by atoms with van der Waals surface area (Å²) in [6.07, 6.45) is -2.67. The maximum atomic E-state index is 12.7. The van der Waals surface area contributed by atoms with Gasteiger partial charge >= 0.3 is 6.18 Å². The van der Waals surface area contributed by atoms with Gasteiger partial charge in [-0.3, -0.25) is 0 Å². The number of nitrogen functional groups attached to an aromatic ring is 1. The standard InChI is InChI=1S/C11H17F3N4OS/c1-6(8(5-19)20-2)16-9-3-7(11(12,13)14)4-10(17-9)18-15/h3-4,6,8,19H,5,15H2,1-2H3,(H2,16,17,18). The number of thioether (sulfide) groups is 1. The molecule has 0 fully saturated rings. The lowest BCUT2D eigenvalue weighted by atomic mass is 10.2. The molecule has 114 valence electrons. The molecular weight excluding hydrogens is 293 g/mol. The van der Waals surface area contributed by atoms with E-state index in [0.717, 1.165) is 12.1 Å². The molecule has 0 aliphatic carbocycles.